The molecule has 2 heterocycles. The SMILES string of the molecule is Cc1noc(NC(=O)CSc2nccn2-c2cccc(F)c2)n1. The first-order valence-corrected chi connectivity index (χ1v) is 7.62. The number of amides is 1. The van der Waals surface area contributed by atoms with Crippen LogP contribution in [0.5, 0.6) is 0 Å². The zero-order valence-electron chi connectivity index (χ0n) is 12.1. The van der Waals surface area contributed by atoms with Gasteiger partial charge >= 0.3 is 6.01 Å². The van der Waals surface area contributed by atoms with E-state index in [0.29, 0.717) is 16.7 Å². The van der Waals surface area contributed by atoms with Crippen LogP contribution < -0.4 is 5.32 Å². The third-order valence-electron chi connectivity index (χ3n) is 2.80. The van der Waals surface area contributed by atoms with Crippen molar-refractivity contribution in [2.45, 2.75) is 12.1 Å². The highest BCUT2D eigenvalue weighted by Gasteiger charge is 2.12. The number of aryl methyl sites for hydroxylation is 1. The summed E-state index contributed by atoms with van der Waals surface area (Å²) in [7, 11) is 0. The van der Waals surface area contributed by atoms with Gasteiger partial charge in [-0.05, 0) is 25.1 Å². The van der Waals surface area contributed by atoms with Gasteiger partial charge in [-0.15, -0.1) is 0 Å². The molecule has 0 radical (unpaired) electrons. The fourth-order valence-corrected chi connectivity index (χ4v) is 2.63. The van der Waals surface area contributed by atoms with Gasteiger partial charge in [-0.2, -0.15) is 4.98 Å². The van der Waals surface area contributed by atoms with E-state index < -0.39 is 0 Å². The van der Waals surface area contributed by atoms with Gasteiger partial charge in [-0.3, -0.25) is 14.7 Å². The maximum atomic E-state index is 13.3. The van der Waals surface area contributed by atoms with Crippen LogP contribution in [0.3, 0.4) is 0 Å². The maximum absolute atomic E-state index is 13.3. The van der Waals surface area contributed by atoms with Gasteiger partial charge in [0.05, 0.1) is 11.4 Å². The molecule has 1 amide bonds. The topological polar surface area (TPSA) is 85.8 Å². The largest absolute Gasteiger partial charge is 0.328 e. The van der Waals surface area contributed by atoms with Gasteiger partial charge in [-0.25, -0.2) is 9.37 Å². The minimum Gasteiger partial charge on any atom is -0.315 e. The van der Waals surface area contributed by atoms with Gasteiger partial charge in [0.1, 0.15) is 5.82 Å². The molecule has 23 heavy (non-hydrogen) atoms. The number of rotatable bonds is 5. The minimum atomic E-state index is -0.336. The second-order valence-corrected chi connectivity index (χ2v) is 5.49. The molecule has 0 spiro atoms. The zero-order chi connectivity index (χ0) is 16.2. The number of anilines is 1. The average Bonchev–Trinajstić information content (AvgIpc) is 3.14. The van der Waals surface area contributed by atoms with Crippen molar-refractivity contribution in [3.8, 4) is 5.69 Å². The molecule has 0 atom stereocenters. The molecule has 3 rings (SSSR count). The number of thioether (sulfide) groups is 1. The van der Waals surface area contributed by atoms with Crippen LogP contribution in [-0.2, 0) is 4.79 Å². The summed E-state index contributed by atoms with van der Waals surface area (Å²) >= 11 is 1.22. The summed E-state index contributed by atoms with van der Waals surface area (Å²) in [4.78, 5) is 19.9. The number of benzene rings is 1. The first-order valence-electron chi connectivity index (χ1n) is 6.64. The van der Waals surface area contributed by atoms with E-state index in [4.69, 9.17) is 4.52 Å². The molecule has 0 saturated carbocycles. The summed E-state index contributed by atoms with van der Waals surface area (Å²) in [6, 6.07) is 6.20. The molecule has 0 bridgehead atoms. The number of hydrogen-bond acceptors (Lipinski definition) is 6. The summed E-state index contributed by atoms with van der Waals surface area (Å²) in [5.74, 6) is -0.0907. The summed E-state index contributed by atoms with van der Waals surface area (Å²) in [6.45, 7) is 1.66. The molecule has 1 aromatic carbocycles. The van der Waals surface area contributed by atoms with Crippen molar-refractivity contribution in [3.05, 3.63) is 48.3 Å². The predicted octanol–water partition coefficient (Wildman–Crippen LogP) is 2.43. The molecular weight excluding hydrogens is 321 g/mol. The van der Waals surface area contributed by atoms with E-state index in [1.165, 1.54) is 23.9 Å². The molecule has 0 unspecified atom stereocenters. The number of hydrogen-bond donors (Lipinski definition) is 1. The fraction of sp³-hybridized carbons (Fsp3) is 0.143. The zero-order valence-corrected chi connectivity index (χ0v) is 12.9. The van der Waals surface area contributed by atoms with Crippen molar-refractivity contribution in [1.82, 2.24) is 19.7 Å². The van der Waals surface area contributed by atoms with Crippen LogP contribution in [0.25, 0.3) is 5.69 Å². The van der Waals surface area contributed by atoms with Gasteiger partial charge in [-0.1, -0.05) is 23.0 Å². The van der Waals surface area contributed by atoms with Crippen LogP contribution in [-0.4, -0.2) is 31.4 Å². The van der Waals surface area contributed by atoms with E-state index in [0.717, 1.165) is 0 Å². The first-order chi connectivity index (χ1) is 11.1. The number of imidazole rings is 1. The van der Waals surface area contributed by atoms with Crippen molar-refractivity contribution in [1.29, 1.82) is 0 Å². The molecular formula is C14H12FN5O2S. The van der Waals surface area contributed by atoms with Crippen molar-refractivity contribution >= 4 is 23.7 Å². The average molecular weight is 333 g/mol. The lowest BCUT2D eigenvalue weighted by Crippen LogP contribution is -2.14. The van der Waals surface area contributed by atoms with Crippen LogP contribution in [0.15, 0.2) is 46.3 Å². The standard InChI is InChI=1S/C14H12FN5O2S/c1-9-17-13(22-19-9)18-12(21)8-23-14-16-5-6-20(14)11-4-2-3-10(15)7-11/h2-7H,8H2,1H3,(H,17,18,19,21). The monoisotopic (exact) mass is 333 g/mol. The lowest BCUT2D eigenvalue weighted by Gasteiger charge is -2.07. The molecule has 0 fully saturated rings. The Labute approximate surface area is 134 Å². The molecule has 9 heteroatoms. The van der Waals surface area contributed by atoms with Crippen LogP contribution in [0.4, 0.5) is 10.4 Å². The Balaban J connectivity index is 1.65. The molecule has 0 aliphatic heterocycles. The third-order valence-corrected chi connectivity index (χ3v) is 3.77. The quantitative estimate of drug-likeness (QED) is 0.722. The van der Waals surface area contributed by atoms with Crippen molar-refractivity contribution in [2.24, 2.45) is 0 Å². The third kappa shape index (κ3) is 3.75. The summed E-state index contributed by atoms with van der Waals surface area (Å²) in [6.07, 6.45) is 3.29. The molecule has 0 aliphatic rings. The molecule has 118 valence electrons. The van der Waals surface area contributed by atoms with E-state index in [-0.39, 0.29) is 23.5 Å². The predicted molar refractivity (Wildman–Crippen MR) is 81.9 cm³/mol. The number of nitrogens with one attached hydrogen (secondary N) is 1. The molecule has 3 aromatic rings. The normalized spacial score (nSPS) is 10.7. The highest BCUT2D eigenvalue weighted by Crippen LogP contribution is 2.21. The highest BCUT2D eigenvalue weighted by molar-refractivity contribution is 7.99. The van der Waals surface area contributed by atoms with Crippen LogP contribution >= 0.6 is 11.8 Å². The van der Waals surface area contributed by atoms with Crippen LogP contribution in [0.1, 0.15) is 5.82 Å². The van der Waals surface area contributed by atoms with Gasteiger partial charge in [0.25, 0.3) is 0 Å². The Bertz CT molecular complexity index is 832. The van der Waals surface area contributed by atoms with Crippen LogP contribution in [0, 0.1) is 12.7 Å². The number of nitrogens with zero attached hydrogens (tertiary/aromatic N) is 4. The molecule has 0 aliphatic carbocycles. The van der Waals surface area contributed by atoms with E-state index >= 15 is 0 Å². The smallest absolute Gasteiger partial charge is 0.315 e. The van der Waals surface area contributed by atoms with Crippen molar-refractivity contribution < 1.29 is 13.7 Å². The van der Waals surface area contributed by atoms with Crippen molar-refractivity contribution in [3.63, 3.8) is 0 Å². The maximum Gasteiger partial charge on any atom is 0.328 e. The van der Waals surface area contributed by atoms with E-state index in [1.54, 1.807) is 36.0 Å². The minimum absolute atomic E-state index is 0.0570. The highest BCUT2D eigenvalue weighted by atomic mass is 32.2. The van der Waals surface area contributed by atoms with Gasteiger partial charge in [0.2, 0.25) is 5.91 Å². The molecule has 7 nitrogen and oxygen atoms in total. The Morgan fingerprint density at radius 2 is 2.35 bits per heavy atom. The molecule has 1 N–H and O–H groups in total. The van der Waals surface area contributed by atoms with Crippen molar-refractivity contribution in [2.75, 3.05) is 11.1 Å². The lowest BCUT2D eigenvalue weighted by atomic mass is 10.3. The molecule has 2 aromatic heterocycles. The van der Waals surface area contributed by atoms with Gasteiger partial charge < -0.3 is 4.52 Å². The second kappa shape index (κ2) is 6.61. The van der Waals surface area contributed by atoms with Gasteiger partial charge in [0, 0.05) is 12.4 Å². The Kier molecular flexibility index (Phi) is 4.38. The Hall–Kier alpha value is -2.68. The van der Waals surface area contributed by atoms with E-state index in [2.05, 4.69) is 20.4 Å². The number of carbonyl (C=O) groups excluding carboxylic acids is 1. The summed E-state index contributed by atoms with van der Waals surface area (Å²) in [5.41, 5.74) is 0.637. The number of halogens is 1. The Morgan fingerprint density at radius 3 is 3.09 bits per heavy atom. The van der Waals surface area contributed by atoms with E-state index in [1.807, 2.05) is 0 Å². The summed E-state index contributed by atoms with van der Waals surface area (Å²) < 4.78 is 19.8. The van der Waals surface area contributed by atoms with E-state index in [9.17, 15) is 9.18 Å². The fourth-order valence-electron chi connectivity index (χ4n) is 1.85. The Morgan fingerprint density at radius 1 is 1.48 bits per heavy atom. The summed E-state index contributed by atoms with van der Waals surface area (Å²) in [5, 5.41) is 6.65. The number of carbonyl (C=O) groups is 1. The lowest BCUT2D eigenvalue weighted by molar-refractivity contribution is -0.114. The van der Waals surface area contributed by atoms with Crippen LogP contribution in [0.2, 0.25) is 0 Å². The number of aromatic nitrogens is 4. The molecule has 0 saturated heterocycles. The van der Waals surface area contributed by atoms with Gasteiger partial charge in [0.15, 0.2) is 11.0 Å². The second-order valence-electron chi connectivity index (χ2n) is 4.54. The first kappa shape index (κ1) is 15.2.